The minimum absolute atomic E-state index is 0.569. The summed E-state index contributed by atoms with van der Waals surface area (Å²) in [6, 6.07) is 0. The van der Waals surface area contributed by atoms with Crippen LogP contribution in [0.1, 0.15) is 25.7 Å². The first-order valence-electron chi connectivity index (χ1n) is 8.55. The minimum atomic E-state index is 0.569. The molecule has 4 aliphatic heterocycles. The van der Waals surface area contributed by atoms with E-state index in [-0.39, 0.29) is 0 Å². The van der Waals surface area contributed by atoms with Crippen molar-refractivity contribution < 1.29 is 9.47 Å². The molecule has 0 aromatic carbocycles. The molecule has 4 fully saturated rings. The van der Waals surface area contributed by atoms with Crippen molar-refractivity contribution >= 4 is 0 Å². The highest BCUT2D eigenvalue weighted by atomic mass is 16.6. The molecule has 20 heavy (non-hydrogen) atoms. The zero-order chi connectivity index (χ0) is 13.4. The Labute approximate surface area is 122 Å². The van der Waals surface area contributed by atoms with E-state index in [1.807, 2.05) is 0 Å². The van der Waals surface area contributed by atoms with Gasteiger partial charge >= 0.3 is 0 Å². The molecule has 0 spiro atoms. The van der Waals surface area contributed by atoms with E-state index in [1.54, 1.807) is 0 Å². The normalized spacial score (nSPS) is 37.2. The van der Waals surface area contributed by atoms with Gasteiger partial charge in [-0.2, -0.15) is 0 Å². The molecule has 4 saturated heterocycles. The van der Waals surface area contributed by atoms with Crippen LogP contribution in [0.4, 0.5) is 0 Å². The summed E-state index contributed by atoms with van der Waals surface area (Å²) < 4.78 is 10.7. The van der Waals surface area contributed by atoms with Gasteiger partial charge in [0.2, 0.25) is 0 Å². The number of likely N-dealkylation sites (tertiary alicyclic amines) is 2. The summed E-state index contributed by atoms with van der Waals surface area (Å²) in [5, 5.41) is 0. The topological polar surface area (TPSA) is 31.5 Å². The summed E-state index contributed by atoms with van der Waals surface area (Å²) in [6.45, 7) is 9.61. The number of rotatable bonds is 5. The molecule has 2 atom stereocenters. The first-order valence-corrected chi connectivity index (χ1v) is 8.55. The standard InChI is InChI=1S/C16H28N2O2/c1-5-17(9-15-11-19-15)6-2-13(1)14-3-7-18(8-4-14)10-16-12-20-16/h13-16H,1-12H2/t15-,16-/m0/s1. The molecular weight excluding hydrogens is 252 g/mol. The van der Waals surface area contributed by atoms with Gasteiger partial charge in [-0.05, 0) is 63.7 Å². The Kier molecular flexibility index (Phi) is 3.99. The smallest absolute Gasteiger partial charge is 0.0936 e. The van der Waals surface area contributed by atoms with E-state index in [1.165, 1.54) is 65.0 Å². The van der Waals surface area contributed by atoms with Crippen molar-refractivity contribution in [3.8, 4) is 0 Å². The highest BCUT2D eigenvalue weighted by Gasteiger charge is 2.33. The van der Waals surface area contributed by atoms with Crippen molar-refractivity contribution in [2.75, 3.05) is 52.5 Å². The lowest BCUT2D eigenvalue weighted by molar-refractivity contribution is 0.0904. The minimum Gasteiger partial charge on any atom is -0.372 e. The number of ether oxygens (including phenoxy) is 2. The van der Waals surface area contributed by atoms with Gasteiger partial charge in [-0.15, -0.1) is 0 Å². The Balaban J connectivity index is 1.17. The van der Waals surface area contributed by atoms with Crippen molar-refractivity contribution in [3.05, 3.63) is 0 Å². The summed E-state index contributed by atoms with van der Waals surface area (Å²) in [7, 11) is 0. The molecule has 4 nitrogen and oxygen atoms in total. The molecule has 0 radical (unpaired) electrons. The lowest BCUT2D eigenvalue weighted by Gasteiger charge is -2.40. The van der Waals surface area contributed by atoms with Crippen LogP contribution >= 0.6 is 0 Å². The first-order chi connectivity index (χ1) is 9.87. The Morgan fingerprint density at radius 2 is 1.00 bits per heavy atom. The van der Waals surface area contributed by atoms with Crippen molar-refractivity contribution in [3.63, 3.8) is 0 Å². The Bertz CT molecular complexity index is 282. The van der Waals surface area contributed by atoms with Gasteiger partial charge in [0, 0.05) is 13.1 Å². The number of piperidine rings is 2. The van der Waals surface area contributed by atoms with E-state index >= 15 is 0 Å². The van der Waals surface area contributed by atoms with Gasteiger partial charge in [0.25, 0.3) is 0 Å². The second-order valence-corrected chi connectivity index (χ2v) is 7.19. The van der Waals surface area contributed by atoms with Gasteiger partial charge in [-0.1, -0.05) is 0 Å². The third kappa shape index (κ3) is 3.53. The van der Waals surface area contributed by atoms with Gasteiger partial charge in [-0.25, -0.2) is 0 Å². The van der Waals surface area contributed by atoms with Crippen LogP contribution in [0.3, 0.4) is 0 Å². The molecule has 0 bridgehead atoms. The first kappa shape index (κ1) is 13.5. The lowest BCUT2D eigenvalue weighted by Crippen LogP contribution is -2.42. The number of nitrogens with zero attached hydrogens (tertiary/aromatic N) is 2. The van der Waals surface area contributed by atoms with Crippen LogP contribution in [0.2, 0.25) is 0 Å². The maximum absolute atomic E-state index is 5.35. The van der Waals surface area contributed by atoms with Crippen LogP contribution in [0, 0.1) is 11.8 Å². The van der Waals surface area contributed by atoms with Gasteiger partial charge in [0.05, 0.1) is 25.4 Å². The predicted octanol–water partition coefficient (Wildman–Crippen LogP) is 1.21. The zero-order valence-electron chi connectivity index (χ0n) is 12.5. The zero-order valence-corrected chi connectivity index (χ0v) is 12.5. The highest BCUT2D eigenvalue weighted by molar-refractivity contribution is 4.85. The molecule has 0 unspecified atom stereocenters. The lowest BCUT2D eigenvalue weighted by atomic mass is 9.79. The molecule has 4 aliphatic rings. The fourth-order valence-electron chi connectivity index (χ4n) is 4.14. The van der Waals surface area contributed by atoms with Gasteiger partial charge in [0.1, 0.15) is 0 Å². The monoisotopic (exact) mass is 280 g/mol. The third-order valence-corrected chi connectivity index (χ3v) is 5.66. The molecule has 0 amide bonds. The molecule has 4 heteroatoms. The summed E-state index contributed by atoms with van der Waals surface area (Å²) in [5.74, 6) is 1.98. The van der Waals surface area contributed by atoms with Crippen molar-refractivity contribution in [2.24, 2.45) is 11.8 Å². The molecule has 4 rings (SSSR count). The van der Waals surface area contributed by atoms with Gasteiger partial charge in [0.15, 0.2) is 0 Å². The summed E-state index contributed by atoms with van der Waals surface area (Å²) in [4.78, 5) is 5.24. The Morgan fingerprint density at radius 1 is 0.650 bits per heavy atom. The SMILES string of the molecule is C1CN(C[C@H]2CO2)CCC1C1CCN(C[C@H]2CO2)CC1. The van der Waals surface area contributed by atoms with Gasteiger partial charge < -0.3 is 19.3 Å². The molecular formula is C16H28N2O2. The molecule has 4 heterocycles. The van der Waals surface area contributed by atoms with E-state index in [2.05, 4.69) is 9.80 Å². The summed E-state index contributed by atoms with van der Waals surface area (Å²) >= 11 is 0. The fourth-order valence-corrected chi connectivity index (χ4v) is 4.14. The maximum Gasteiger partial charge on any atom is 0.0936 e. The molecule has 0 aliphatic carbocycles. The van der Waals surface area contributed by atoms with E-state index < -0.39 is 0 Å². The summed E-state index contributed by atoms with van der Waals surface area (Å²) in [5.41, 5.74) is 0. The number of hydrogen-bond acceptors (Lipinski definition) is 4. The maximum atomic E-state index is 5.35. The van der Waals surface area contributed by atoms with Crippen LogP contribution in [0.5, 0.6) is 0 Å². The van der Waals surface area contributed by atoms with Crippen LogP contribution in [0.25, 0.3) is 0 Å². The Hall–Kier alpha value is -0.160. The van der Waals surface area contributed by atoms with Crippen molar-refractivity contribution in [1.29, 1.82) is 0 Å². The van der Waals surface area contributed by atoms with Gasteiger partial charge in [-0.3, -0.25) is 0 Å². The average molecular weight is 280 g/mol. The average Bonchev–Trinajstić information content (AvgIpc) is 3.37. The molecule has 0 N–H and O–H groups in total. The number of epoxide rings is 2. The molecule has 0 saturated carbocycles. The highest BCUT2D eigenvalue weighted by Crippen LogP contribution is 2.33. The van der Waals surface area contributed by atoms with Crippen molar-refractivity contribution in [1.82, 2.24) is 9.80 Å². The largest absolute Gasteiger partial charge is 0.372 e. The second kappa shape index (κ2) is 5.91. The second-order valence-electron chi connectivity index (χ2n) is 7.19. The molecule has 0 aromatic rings. The van der Waals surface area contributed by atoms with E-state index in [9.17, 15) is 0 Å². The van der Waals surface area contributed by atoms with Crippen molar-refractivity contribution in [2.45, 2.75) is 37.9 Å². The Morgan fingerprint density at radius 3 is 1.30 bits per heavy atom. The van der Waals surface area contributed by atoms with Crippen LogP contribution in [0.15, 0.2) is 0 Å². The summed E-state index contributed by atoms with van der Waals surface area (Å²) in [6.07, 6.45) is 6.82. The van der Waals surface area contributed by atoms with Crippen LogP contribution in [-0.2, 0) is 9.47 Å². The number of hydrogen-bond donors (Lipinski definition) is 0. The predicted molar refractivity (Wildman–Crippen MR) is 77.8 cm³/mol. The van der Waals surface area contributed by atoms with E-state index in [4.69, 9.17) is 9.47 Å². The van der Waals surface area contributed by atoms with E-state index in [0.717, 1.165) is 25.0 Å². The third-order valence-electron chi connectivity index (χ3n) is 5.66. The molecule has 0 aromatic heterocycles. The molecule has 114 valence electrons. The quantitative estimate of drug-likeness (QED) is 0.709. The van der Waals surface area contributed by atoms with E-state index in [0.29, 0.717) is 12.2 Å². The fraction of sp³-hybridized carbons (Fsp3) is 1.00. The van der Waals surface area contributed by atoms with Crippen LogP contribution < -0.4 is 0 Å². The van der Waals surface area contributed by atoms with Crippen LogP contribution in [-0.4, -0.2) is 74.5 Å².